The van der Waals surface area contributed by atoms with Gasteiger partial charge in [0.2, 0.25) is 0 Å². The van der Waals surface area contributed by atoms with Crippen LogP contribution in [0.3, 0.4) is 0 Å². The minimum atomic E-state index is -0.614. The highest BCUT2D eigenvalue weighted by molar-refractivity contribution is 6.17. The molecule has 3 nitrogen and oxygen atoms in total. The first-order chi connectivity index (χ1) is 7.67. The number of hydrogen-bond acceptors (Lipinski definition) is 3. The molecule has 0 aliphatic heterocycles. The molecule has 0 aliphatic rings. The second kappa shape index (κ2) is 8.72. The summed E-state index contributed by atoms with van der Waals surface area (Å²) >= 11 is 0. The van der Waals surface area contributed by atoms with Gasteiger partial charge in [-0.1, -0.05) is 32.1 Å². The van der Waals surface area contributed by atoms with E-state index in [2.05, 4.69) is 23.5 Å². The lowest BCUT2D eigenvalue weighted by atomic mass is 10.1. The molecule has 0 aromatic rings. The van der Waals surface area contributed by atoms with Gasteiger partial charge in [0.1, 0.15) is 5.57 Å². The van der Waals surface area contributed by atoms with Gasteiger partial charge < -0.3 is 4.74 Å². The molecule has 0 fully saturated rings. The summed E-state index contributed by atoms with van der Waals surface area (Å²) in [6, 6.07) is 0. The van der Waals surface area contributed by atoms with Crippen LogP contribution in [0.15, 0.2) is 11.6 Å². The SMILES string of the molecule is CCCCC#C/C=C(\C(=O)CC)C(=O)OC. The molecule has 0 atom stereocenters. The molecule has 0 heterocycles. The Hall–Kier alpha value is -1.56. The summed E-state index contributed by atoms with van der Waals surface area (Å²) < 4.78 is 4.52. The summed E-state index contributed by atoms with van der Waals surface area (Å²) in [6.07, 6.45) is 4.51. The minimum absolute atomic E-state index is 0.0361. The van der Waals surface area contributed by atoms with E-state index in [4.69, 9.17) is 0 Å². The Morgan fingerprint density at radius 2 is 2.00 bits per heavy atom. The molecule has 3 heteroatoms. The van der Waals surface area contributed by atoms with E-state index in [1.807, 2.05) is 0 Å². The zero-order chi connectivity index (χ0) is 12.4. The molecule has 0 aromatic heterocycles. The van der Waals surface area contributed by atoms with Crippen molar-refractivity contribution >= 4 is 11.8 Å². The van der Waals surface area contributed by atoms with Crippen LogP contribution < -0.4 is 0 Å². The molecule has 0 saturated heterocycles. The third-order valence-corrected chi connectivity index (χ3v) is 2.00. The first-order valence-electron chi connectivity index (χ1n) is 5.47. The highest BCUT2D eigenvalue weighted by atomic mass is 16.5. The van der Waals surface area contributed by atoms with E-state index in [1.54, 1.807) is 6.92 Å². The van der Waals surface area contributed by atoms with E-state index >= 15 is 0 Å². The van der Waals surface area contributed by atoms with Crippen LogP contribution in [0.25, 0.3) is 0 Å². The van der Waals surface area contributed by atoms with Gasteiger partial charge in [0.05, 0.1) is 7.11 Å². The van der Waals surface area contributed by atoms with Crippen molar-refractivity contribution in [3.05, 3.63) is 11.6 Å². The zero-order valence-corrected chi connectivity index (χ0v) is 10.1. The van der Waals surface area contributed by atoms with Gasteiger partial charge in [-0.15, -0.1) is 0 Å². The number of carbonyl (C=O) groups excluding carboxylic acids is 2. The van der Waals surface area contributed by atoms with Crippen molar-refractivity contribution in [3.8, 4) is 11.8 Å². The van der Waals surface area contributed by atoms with Gasteiger partial charge in [0.15, 0.2) is 5.78 Å². The number of allylic oxidation sites excluding steroid dienone is 1. The highest BCUT2D eigenvalue weighted by Crippen LogP contribution is 2.02. The molecule has 0 spiro atoms. The first kappa shape index (κ1) is 14.4. The molecule has 0 aliphatic carbocycles. The topological polar surface area (TPSA) is 43.4 Å². The Balaban J connectivity index is 4.61. The third-order valence-electron chi connectivity index (χ3n) is 2.00. The molecule has 0 unspecified atom stereocenters. The second-order valence-corrected chi connectivity index (χ2v) is 3.25. The summed E-state index contributed by atoms with van der Waals surface area (Å²) in [4.78, 5) is 22.6. The average Bonchev–Trinajstić information content (AvgIpc) is 2.32. The lowest BCUT2D eigenvalue weighted by Crippen LogP contribution is -2.13. The molecule has 0 amide bonds. The van der Waals surface area contributed by atoms with Gasteiger partial charge in [0.25, 0.3) is 0 Å². The first-order valence-corrected chi connectivity index (χ1v) is 5.47. The van der Waals surface area contributed by atoms with Crippen LogP contribution in [0, 0.1) is 11.8 Å². The molecule has 0 aromatic carbocycles. The van der Waals surface area contributed by atoms with E-state index in [9.17, 15) is 9.59 Å². The number of ether oxygens (including phenoxy) is 1. The van der Waals surface area contributed by atoms with Gasteiger partial charge in [-0.05, 0) is 6.42 Å². The summed E-state index contributed by atoms with van der Waals surface area (Å²) in [7, 11) is 1.25. The number of unbranched alkanes of at least 4 members (excludes halogenated alkanes) is 2. The number of hydrogen-bond donors (Lipinski definition) is 0. The predicted octanol–water partition coefficient (Wildman–Crippen LogP) is 2.26. The minimum Gasteiger partial charge on any atom is -0.465 e. The van der Waals surface area contributed by atoms with Gasteiger partial charge >= 0.3 is 5.97 Å². The maximum atomic E-state index is 11.4. The largest absolute Gasteiger partial charge is 0.465 e. The Morgan fingerprint density at radius 1 is 1.31 bits per heavy atom. The Labute approximate surface area is 96.9 Å². The second-order valence-electron chi connectivity index (χ2n) is 3.25. The van der Waals surface area contributed by atoms with E-state index in [0.717, 1.165) is 19.3 Å². The Kier molecular flexibility index (Phi) is 7.87. The van der Waals surface area contributed by atoms with E-state index in [0.29, 0.717) is 0 Å². The number of carbonyl (C=O) groups is 2. The zero-order valence-electron chi connectivity index (χ0n) is 10.1. The molecule has 0 rings (SSSR count). The number of ketones is 1. The molecule has 0 radical (unpaired) electrons. The monoisotopic (exact) mass is 222 g/mol. The van der Waals surface area contributed by atoms with Crippen molar-refractivity contribution in [3.63, 3.8) is 0 Å². The number of esters is 1. The van der Waals surface area contributed by atoms with Crippen LogP contribution in [0.2, 0.25) is 0 Å². The van der Waals surface area contributed by atoms with Gasteiger partial charge in [-0.3, -0.25) is 4.79 Å². The van der Waals surface area contributed by atoms with Gasteiger partial charge in [-0.2, -0.15) is 0 Å². The fourth-order valence-electron chi connectivity index (χ4n) is 1.01. The lowest BCUT2D eigenvalue weighted by Gasteiger charge is -1.99. The van der Waals surface area contributed by atoms with Crippen LogP contribution >= 0.6 is 0 Å². The van der Waals surface area contributed by atoms with Crippen LogP contribution in [0.4, 0.5) is 0 Å². The standard InChI is InChI=1S/C13H18O3/c1-4-6-7-8-9-10-11(12(14)5-2)13(15)16-3/h10H,4-7H2,1-3H3/b11-10+. The van der Waals surface area contributed by atoms with Crippen LogP contribution in [0.1, 0.15) is 39.5 Å². The van der Waals surface area contributed by atoms with Gasteiger partial charge in [-0.25, -0.2) is 4.79 Å². The summed E-state index contributed by atoms with van der Waals surface area (Å²) in [5.74, 6) is 4.75. The van der Waals surface area contributed by atoms with E-state index < -0.39 is 5.97 Å². The molecule has 16 heavy (non-hydrogen) atoms. The van der Waals surface area contributed by atoms with Crippen molar-refractivity contribution in [1.82, 2.24) is 0 Å². The smallest absolute Gasteiger partial charge is 0.342 e. The quantitative estimate of drug-likeness (QED) is 0.179. The number of rotatable bonds is 5. The van der Waals surface area contributed by atoms with Gasteiger partial charge in [0, 0.05) is 18.9 Å². The van der Waals surface area contributed by atoms with Crippen molar-refractivity contribution in [2.45, 2.75) is 39.5 Å². The van der Waals surface area contributed by atoms with Crippen molar-refractivity contribution in [2.75, 3.05) is 7.11 Å². The number of methoxy groups -OCH3 is 1. The maximum Gasteiger partial charge on any atom is 0.342 e. The van der Waals surface area contributed by atoms with Crippen LogP contribution in [0.5, 0.6) is 0 Å². The summed E-state index contributed by atoms with van der Waals surface area (Å²) in [5.41, 5.74) is 0.0361. The normalized spacial score (nSPS) is 10.3. The molecule has 0 bridgehead atoms. The molecular formula is C13H18O3. The molecular weight excluding hydrogens is 204 g/mol. The fourth-order valence-corrected chi connectivity index (χ4v) is 1.01. The predicted molar refractivity (Wildman–Crippen MR) is 62.7 cm³/mol. The van der Waals surface area contributed by atoms with E-state index in [-0.39, 0.29) is 17.8 Å². The average molecular weight is 222 g/mol. The fraction of sp³-hybridized carbons (Fsp3) is 0.538. The van der Waals surface area contributed by atoms with Crippen LogP contribution in [-0.4, -0.2) is 18.9 Å². The summed E-state index contributed by atoms with van der Waals surface area (Å²) in [5, 5.41) is 0. The van der Waals surface area contributed by atoms with E-state index in [1.165, 1.54) is 13.2 Å². The Bertz CT molecular complexity index is 311. The lowest BCUT2D eigenvalue weighted by molar-refractivity contribution is -0.137. The van der Waals surface area contributed by atoms with Crippen molar-refractivity contribution < 1.29 is 14.3 Å². The van der Waals surface area contributed by atoms with Crippen molar-refractivity contribution in [1.29, 1.82) is 0 Å². The highest BCUT2D eigenvalue weighted by Gasteiger charge is 2.15. The molecule has 0 saturated carbocycles. The van der Waals surface area contributed by atoms with Crippen molar-refractivity contribution in [2.24, 2.45) is 0 Å². The summed E-state index contributed by atoms with van der Waals surface area (Å²) in [6.45, 7) is 3.78. The molecule has 0 N–H and O–H groups in total. The van der Waals surface area contributed by atoms with Crippen LogP contribution in [-0.2, 0) is 14.3 Å². The molecule has 88 valence electrons. The number of Topliss-reactive ketones (excluding diaryl/α,β-unsaturated/α-hetero) is 1. The third kappa shape index (κ3) is 5.35. The maximum absolute atomic E-state index is 11.4. The Morgan fingerprint density at radius 3 is 2.50 bits per heavy atom.